The molecule has 1 aromatic rings. The highest BCUT2D eigenvalue weighted by molar-refractivity contribution is 5.67. The fraction of sp³-hybridized carbons (Fsp3) is 0.500. The van der Waals surface area contributed by atoms with Gasteiger partial charge in [0.15, 0.2) is 5.69 Å². The van der Waals surface area contributed by atoms with E-state index >= 15 is 0 Å². The predicted octanol–water partition coefficient (Wildman–Crippen LogP) is 2.65. The number of hydrogen-bond acceptors (Lipinski definition) is 3. The largest absolute Gasteiger partial charge is 0.494 e. The van der Waals surface area contributed by atoms with Crippen molar-refractivity contribution in [2.75, 3.05) is 19.3 Å². The molecule has 0 spiro atoms. The molecular weight excluding hydrogens is 206 g/mol. The molecule has 0 atom stereocenters. The molecule has 0 aliphatic heterocycles. The van der Waals surface area contributed by atoms with Crippen LogP contribution in [-0.2, 0) is 5.21 Å². The first kappa shape index (κ1) is 12.6. The topological polar surface area (TPSA) is 41.6 Å². The quantitative estimate of drug-likeness (QED) is 0.741. The molecule has 16 heavy (non-hydrogen) atoms. The van der Waals surface area contributed by atoms with Crippen LogP contribution in [0, 0.1) is 0 Å². The number of hydroxylamine groups is 1. The second kappa shape index (κ2) is 4.61. The molecule has 0 aromatic heterocycles. The zero-order chi connectivity index (χ0) is 12.3. The van der Waals surface area contributed by atoms with E-state index in [2.05, 4.69) is 0 Å². The summed E-state index contributed by atoms with van der Waals surface area (Å²) in [6.07, 6.45) is 0. The molecule has 1 radical (unpaired) electrons. The first-order valence-electron chi connectivity index (χ1n) is 5.10. The van der Waals surface area contributed by atoms with Gasteiger partial charge in [-0.1, -0.05) is 11.3 Å². The Kier molecular flexibility index (Phi) is 3.65. The van der Waals surface area contributed by atoms with Crippen molar-refractivity contribution in [3.05, 3.63) is 18.2 Å². The molecule has 0 fully saturated rings. The number of anilines is 1. The van der Waals surface area contributed by atoms with Gasteiger partial charge in [0.2, 0.25) is 0 Å². The molecule has 0 heterocycles. The van der Waals surface area contributed by atoms with Crippen LogP contribution in [0.2, 0.25) is 0 Å². The van der Waals surface area contributed by atoms with Gasteiger partial charge in [-0.3, -0.25) is 0 Å². The summed E-state index contributed by atoms with van der Waals surface area (Å²) in [7, 11) is 3.07. The van der Waals surface area contributed by atoms with Crippen LogP contribution in [0.3, 0.4) is 0 Å². The zero-order valence-electron chi connectivity index (χ0n) is 10.4. The fourth-order valence-corrected chi connectivity index (χ4v) is 1.37. The summed E-state index contributed by atoms with van der Waals surface area (Å²) in [6, 6.07) is 5.28. The van der Waals surface area contributed by atoms with Crippen LogP contribution in [0.4, 0.5) is 5.69 Å². The highest BCUT2D eigenvalue weighted by Crippen LogP contribution is 2.39. The van der Waals surface area contributed by atoms with Crippen LogP contribution < -0.4 is 14.5 Å². The van der Waals surface area contributed by atoms with E-state index in [1.807, 2.05) is 20.8 Å². The van der Waals surface area contributed by atoms with Crippen LogP contribution in [-0.4, -0.2) is 19.8 Å². The van der Waals surface area contributed by atoms with E-state index in [0.29, 0.717) is 17.2 Å². The van der Waals surface area contributed by atoms with Crippen LogP contribution in [0.1, 0.15) is 20.8 Å². The summed E-state index contributed by atoms with van der Waals surface area (Å²) in [6.45, 7) is 5.52. The third-order valence-electron chi connectivity index (χ3n) is 2.21. The minimum Gasteiger partial charge on any atom is -0.494 e. The van der Waals surface area contributed by atoms with Crippen LogP contribution in [0.25, 0.3) is 0 Å². The van der Waals surface area contributed by atoms with Crippen molar-refractivity contribution in [2.45, 2.75) is 26.3 Å². The summed E-state index contributed by atoms with van der Waals surface area (Å²) in [5, 5.41) is 13.1. The Balaban J connectivity index is 3.28. The second-order valence-corrected chi connectivity index (χ2v) is 4.48. The van der Waals surface area contributed by atoms with Gasteiger partial charge in [0, 0.05) is 0 Å². The van der Waals surface area contributed by atoms with E-state index in [0.717, 1.165) is 5.06 Å². The number of rotatable bonds is 3. The molecule has 4 heteroatoms. The maximum absolute atomic E-state index is 12.2. The van der Waals surface area contributed by atoms with Gasteiger partial charge in [0.05, 0.1) is 19.8 Å². The Morgan fingerprint density at radius 3 is 1.81 bits per heavy atom. The van der Waals surface area contributed by atoms with Gasteiger partial charge < -0.3 is 9.47 Å². The lowest BCUT2D eigenvalue weighted by Gasteiger charge is -2.30. The van der Waals surface area contributed by atoms with Gasteiger partial charge in [-0.2, -0.15) is 0 Å². The summed E-state index contributed by atoms with van der Waals surface area (Å²) >= 11 is 0. The maximum atomic E-state index is 12.2. The lowest BCUT2D eigenvalue weighted by molar-refractivity contribution is 0.0987. The van der Waals surface area contributed by atoms with E-state index in [9.17, 15) is 5.21 Å². The minimum absolute atomic E-state index is 0.431. The van der Waals surface area contributed by atoms with Gasteiger partial charge in [0.25, 0.3) is 0 Å². The van der Waals surface area contributed by atoms with Crippen LogP contribution in [0.15, 0.2) is 18.2 Å². The Morgan fingerprint density at radius 1 is 1.06 bits per heavy atom. The number of nitrogens with zero attached hydrogens (tertiary/aromatic N) is 1. The molecular formula is C12H18NO3. The number of methoxy groups -OCH3 is 2. The van der Waals surface area contributed by atoms with Gasteiger partial charge in [-0.05, 0) is 32.9 Å². The van der Waals surface area contributed by atoms with E-state index in [1.165, 1.54) is 14.2 Å². The SMILES string of the molecule is COc1cccc(OC)c1N([O])C(C)(C)C. The highest BCUT2D eigenvalue weighted by Gasteiger charge is 2.27. The fourth-order valence-electron chi connectivity index (χ4n) is 1.37. The van der Waals surface area contributed by atoms with Crippen LogP contribution >= 0.6 is 0 Å². The molecule has 0 aliphatic carbocycles. The third-order valence-corrected chi connectivity index (χ3v) is 2.21. The number of hydrogen-bond donors (Lipinski definition) is 0. The number of benzene rings is 1. The Labute approximate surface area is 96.4 Å². The van der Waals surface area contributed by atoms with Crippen molar-refractivity contribution in [3.63, 3.8) is 0 Å². The molecule has 89 valence electrons. The van der Waals surface area contributed by atoms with Crippen molar-refractivity contribution in [2.24, 2.45) is 0 Å². The lowest BCUT2D eigenvalue weighted by atomic mass is 10.1. The lowest BCUT2D eigenvalue weighted by Crippen LogP contribution is -2.37. The van der Waals surface area contributed by atoms with Gasteiger partial charge in [0.1, 0.15) is 11.5 Å². The highest BCUT2D eigenvalue weighted by atomic mass is 16.5. The summed E-state index contributed by atoms with van der Waals surface area (Å²) in [5.41, 5.74) is -0.109. The Morgan fingerprint density at radius 2 is 1.50 bits per heavy atom. The molecule has 0 N–H and O–H groups in total. The standard InChI is InChI=1S/C12H18NO3/c1-12(2,3)13(14)11-9(15-4)7-6-8-10(11)16-5/h6-8H,1-5H3. The smallest absolute Gasteiger partial charge is 0.151 e. The maximum Gasteiger partial charge on any atom is 0.151 e. The molecule has 0 saturated carbocycles. The average molecular weight is 224 g/mol. The van der Waals surface area contributed by atoms with Crippen molar-refractivity contribution < 1.29 is 14.7 Å². The summed E-state index contributed by atoms with van der Waals surface area (Å²) in [4.78, 5) is 0. The molecule has 0 bridgehead atoms. The molecule has 1 rings (SSSR count). The Bertz CT molecular complexity index is 336. The van der Waals surface area contributed by atoms with Crippen molar-refractivity contribution >= 4 is 5.69 Å². The first-order valence-corrected chi connectivity index (χ1v) is 5.10. The number of para-hydroxylation sites is 1. The van der Waals surface area contributed by atoms with Gasteiger partial charge in [-0.15, -0.1) is 0 Å². The minimum atomic E-state index is -0.540. The number of ether oxygens (including phenoxy) is 2. The Hall–Kier alpha value is -1.42. The monoisotopic (exact) mass is 224 g/mol. The van der Waals surface area contributed by atoms with E-state index in [1.54, 1.807) is 18.2 Å². The molecule has 0 saturated heterocycles. The van der Waals surface area contributed by atoms with Crippen LogP contribution in [0.5, 0.6) is 11.5 Å². The molecule has 0 unspecified atom stereocenters. The summed E-state index contributed by atoms with van der Waals surface area (Å²) < 4.78 is 10.4. The van der Waals surface area contributed by atoms with E-state index in [4.69, 9.17) is 9.47 Å². The molecule has 1 aromatic carbocycles. The van der Waals surface area contributed by atoms with Crippen molar-refractivity contribution in [3.8, 4) is 11.5 Å². The normalized spacial score (nSPS) is 11.1. The summed E-state index contributed by atoms with van der Waals surface area (Å²) in [5.74, 6) is 1.04. The molecule has 0 amide bonds. The van der Waals surface area contributed by atoms with Gasteiger partial charge in [-0.25, -0.2) is 5.06 Å². The predicted molar refractivity (Wildman–Crippen MR) is 62.5 cm³/mol. The van der Waals surface area contributed by atoms with Crippen molar-refractivity contribution in [1.29, 1.82) is 0 Å². The van der Waals surface area contributed by atoms with Crippen molar-refractivity contribution in [1.82, 2.24) is 0 Å². The third kappa shape index (κ3) is 2.39. The van der Waals surface area contributed by atoms with E-state index in [-0.39, 0.29) is 0 Å². The second-order valence-electron chi connectivity index (χ2n) is 4.48. The molecule has 0 aliphatic rings. The zero-order valence-corrected chi connectivity index (χ0v) is 10.4. The first-order chi connectivity index (χ1) is 7.41. The van der Waals surface area contributed by atoms with E-state index < -0.39 is 5.54 Å². The average Bonchev–Trinajstić information content (AvgIpc) is 2.25. The molecule has 4 nitrogen and oxygen atoms in total. The van der Waals surface area contributed by atoms with Gasteiger partial charge >= 0.3 is 0 Å².